The van der Waals surface area contributed by atoms with Gasteiger partial charge >= 0.3 is 0 Å². The average Bonchev–Trinajstić information content (AvgIpc) is 2.71. The minimum atomic E-state index is -0.946. The molecule has 0 atom stereocenters. The van der Waals surface area contributed by atoms with Gasteiger partial charge in [0.2, 0.25) is 23.1 Å². The molecule has 0 radical (unpaired) electrons. The molecular weight excluding hydrogens is 366 g/mol. The van der Waals surface area contributed by atoms with Gasteiger partial charge in [-0.3, -0.25) is 19.2 Å². The van der Waals surface area contributed by atoms with Crippen molar-refractivity contribution in [3.8, 4) is 0 Å². The van der Waals surface area contributed by atoms with Crippen LogP contribution in [0.2, 0.25) is 0 Å². The number of hydrogen-bond acceptors (Lipinski definition) is 4. The molecular formula is C22H12F2O4. The van der Waals surface area contributed by atoms with Crippen LogP contribution in [0, 0.1) is 11.6 Å². The molecule has 0 spiro atoms. The van der Waals surface area contributed by atoms with E-state index in [4.69, 9.17) is 0 Å². The number of Topliss-reactive ketones (excluding diaryl/α,β-unsaturated/α-hetero) is 4. The fraction of sp³-hybridized carbons (Fsp3) is 0. The number of ketones is 4. The maximum absolute atomic E-state index is 13.3. The summed E-state index contributed by atoms with van der Waals surface area (Å²) in [4.78, 5) is 49.3. The van der Waals surface area contributed by atoms with Gasteiger partial charge in [0.1, 0.15) is 11.6 Å². The molecule has 0 aliphatic heterocycles. The van der Waals surface area contributed by atoms with E-state index in [1.54, 1.807) is 0 Å². The smallest absolute Gasteiger partial charge is 0.233 e. The number of carbonyl (C=O) groups excluding carboxylic acids is 4. The molecule has 0 aliphatic carbocycles. The number of hydrogen-bond donors (Lipinski definition) is 0. The van der Waals surface area contributed by atoms with Crippen LogP contribution in [0.4, 0.5) is 8.78 Å². The Kier molecular flexibility index (Phi) is 5.31. The summed E-state index contributed by atoms with van der Waals surface area (Å²) in [7, 11) is 0. The summed E-state index contributed by atoms with van der Waals surface area (Å²) in [6.45, 7) is 0. The van der Waals surface area contributed by atoms with E-state index < -0.39 is 34.8 Å². The second-order valence-electron chi connectivity index (χ2n) is 5.92. The van der Waals surface area contributed by atoms with Gasteiger partial charge in [-0.25, -0.2) is 8.78 Å². The molecule has 0 N–H and O–H groups in total. The zero-order valence-electron chi connectivity index (χ0n) is 14.3. The standard InChI is InChI=1S/C22H12F2O4/c23-17-8-2-6-15(11-17)21(27)19(25)13-4-1-5-14(10-13)20(26)22(28)16-7-3-9-18(24)12-16/h1-12H. The van der Waals surface area contributed by atoms with Crippen molar-refractivity contribution in [1.82, 2.24) is 0 Å². The molecule has 4 nitrogen and oxygen atoms in total. The quantitative estimate of drug-likeness (QED) is 0.478. The van der Waals surface area contributed by atoms with Gasteiger partial charge in [0.05, 0.1) is 0 Å². The van der Waals surface area contributed by atoms with Crippen molar-refractivity contribution in [2.24, 2.45) is 0 Å². The van der Waals surface area contributed by atoms with Crippen molar-refractivity contribution in [2.45, 2.75) is 0 Å². The lowest BCUT2D eigenvalue weighted by molar-refractivity contribution is 0.0812. The van der Waals surface area contributed by atoms with E-state index in [-0.39, 0.29) is 22.3 Å². The van der Waals surface area contributed by atoms with Crippen LogP contribution in [-0.2, 0) is 0 Å². The Balaban J connectivity index is 1.87. The Bertz CT molecular complexity index is 1030. The molecule has 0 amide bonds. The molecule has 0 aliphatic rings. The van der Waals surface area contributed by atoms with E-state index in [9.17, 15) is 28.0 Å². The van der Waals surface area contributed by atoms with Crippen LogP contribution in [0.3, 0.4) is 0 Å². The first-order chi connectivity index (χ1) is 13.4. The summed E-state index contributed by atoms with van der Waals surface area (Å²) in [6, 6.07) is 14.4. The summed E-state index contributed by atoms with van der Waals surface area (Å²) < 4.78 is 26.5. The Morgan fingerprint density at radius 1 is 0.464 bits per heavy atom. The Labute approximate surface area is 158 Å². The van der Waals surface area contributed by atoms with Crippen molar-refractivity contribution in [1.29, 1.82) is 0 Å². The molecule has 28 heavy (non-hydrogen) atoms. The summed E-state index contributed by atoms with van der Waals surface area (Å²) in [5, 5.41) is 0. The molecule has 0 saturated heterocycles. The van der Waals surface area contributed by atoms with Crippen molar-refractivity contribution >= 4 is 23.1 Å². The van der Waals surface area contributed by atoms with Gasteiger partial charge < -0.3 is 0 Å². The van der Waals surface area contributed by atoms with Crippen LogP contribution < -0.4 is 0 Å². The fourth-order valence-electron chi connectivity index (χ4n) is 2.59. The average molecular weight is 378 g/mol. The molecule has 3 aromatic rings. The first-order valence-electron chi connectivity index (χ1n) is 8.16. The Morgan fingerprint density at radius 3 is 1.07 bits per heavy atom. The maximum atomic E-state index is 13.3. The summed E-state index contributed by atoms with van der Waals surface area (Å²) in [5.74, 6) is -5.11. The SMILES string of the molecule is O=C(C(=O)c1cccc(C(=O)C(=O)c2cccc(F)c2)c1)c1cccc(F)c1. The molecule has 0 aromatic heterocycles. The van der Waals surface area contributed by atoms with Gasteiger partial charge in [-0.2, -0.15) is 0 Å². The maximum Gasteiger partial charge on any atom is 0.233 e. The number of rotatable bonds is 6. The fourth-order valence-corrected chi connectivity index (χ4v) is 2.59. The van der Waals surface area contributed by atoms with Crippen molar-refractivity contribution in [3.63, 3.8) is 0 Å². The van der Waals surface area contributed by atoms with Crippen molar-refractivity contribution in [3.05, 3.63) is 107 Å². The van der Waals surface area contributed by atoms with Crippen LogP contribution in [0.25, 0.3) is 0 Å². The molecule has 6 heteroatoms. The predicted molar refractivity (Wildman–Crippen MR) is 96.6 cm³/mol. The van der Waals surface area contributed by atoms with Crippen LogP contribution in [0.5, 0.6) is 0 Å². The van der Waals surface area contributed by atoms with Gasteiger partial charge in [-0.1, -0.05) is 42.5 Å². The Morgan fingerprint density at radius 2 is 0.750 bits per heavy atom. The van der Waals surface area contributed by atoms with E-state index in [1.807, 2.05) is 0 Å². The number of halogens is 2. The van der Waals surface area contributed by atoms with Crippen LogP contribution >= 0.6 is 0 Å². The minimum Gasteiger partial charge on any atom is -0.285 e. The molecule has 0 fully saturated rings. The summed E-state index contributed by atoms with van der Waals surface area (Å²) in [5.41, 5.74) is -0.491. The first-order valence-corrected chi connectivity index (χ1v) is 8.16. The lowest BCUT2D eigenvalue weighted by atomic mass is 9.96. The third-order valence-corrected chi connectivity index (χ3v) is 3.97. The Hall–Kier alpha value is -3.80. The van der Waals surface area contributed by atoms with E-state index >= 15 is 0 Å². The van der Waals surface area contributed by atoms with Gasteiger partial charge in [0, 0.05) is 22.3 Å². The highest BCUT2D eigenvalue weighted by atomic mass is 19.1. The molecule has 0 unspecified atom stereocenters. The van der Waals surface area contributed by atoms with Gasteiger partial charge in [-0.05, 0) is 30.3 Å². The largest absolute Gasteiger partial charge is 0.285 e. The minimum absolute atomic E-state index is 0.118. The van der Waals surface area contributed by atoms with Crippen LogP contribution in [0.15, 0.2) is 72.8 Å². The van der Waals surface area contributed by atoms with Crippen LogP contribution in [0.1, 0.15) is 41.4 Å². The second-order valence-corrected chi connectivity index (χ2v) is 5.92. The zero-order valence-corrected chi connectivity index (χ0v) is 14.3. The predicted octanol–water partition coefficient (Wildman–Crippen LogP) is 4.10. The van der Waals surface area contributed by atoms with Crippen LogP contribution in [-0.4, -0.2) is 23.1 Å². The van der Waals surface area contributed by atoms with E-state index in [0.29, 0.717) is 0 Å². The molecule has 3 rings (SSSR count). The zero-order chi connectivity index (χ0) is 20.3. The lowest BCUT2D eigenvalue weighted by Gasteiger charge is -2.05. The van der Waals surface area contributed by atoms with Gasteiger partial charge in [0.25, 0.3) is 0 Å². The van der Waals surface area contributed by atoms with Gasteiger partial charge in [-0.15, -0.1) is 0 Å². The highest BCUT2D eigenvalue weighted by Crippen LogP contribution is 2.14. The van der Waals surface area contributed by atoms with E-state index in [0.717, 1.165) is 30.3 Å². The van der Waals surface area contributed by atoms with Gasteiger partial charge in [0.15, 0.2) is 0 Å². The molecule has 0 heterocycles. The summed E-state index contributed by atoms with van der Waals surface area (Å²) >= 11 is 0. The molecule has 0 bridgehead atoms. The highest BCUT2D eigenvalue weighted by Gasteiger charge is 2.23. The van der Waals surface area contributed by atoms with Crippen molar-refractivity contribution in [2.75, 3.05) is 0 Å². The third kappa shape index (κ3) is 3.96. The number of benzene rings is 3. The highest BCUT2D eigenvalue weighted by molar-refractivity contribution is 6.51. The lowest BCUT2D eigenvalue weighted by Crippen LogP contribution is -2.18. The molecule has 138 valence electrons. The normalized spacial score (nSPS) is 10.4. The third-order valence-electron chi connectivity index (χ3n) is 3.97. The first kappa shape index (κ1) is 19.0. The van der Waals surface area contributed by atoms with E-state index in [1.165, 1.54) is 42.5 Å². The second kappa shape index (κ2) is 7.84. The van der Waals surface area contributed by atoms with Crippen molar-refractivity contribution < 1.29 is 28.0 Å². The molecule has 3 aromatic carbocycles. The monoisotopic (exact) mass is 378 g/mol. The van der Waals surface area contributed by atoms with E-state index in [2.05, 4.69) is 0 Å². The summed E-state index contributed by atoms with van der Waals surface area (Å²) in [6.07, 6.45) is 0. The topological polar surface area (TPSA) is 68.3 Å². The molecule has 0 saturated carbocycles. The number of carbonyl (C=O) groups is 4.